The predicted molar refractivity (Wildman–Crippen MR) is 68.8 cm³/mol. The topological polar surface area (TPSA) is 64.3 Å². The fourth-order valence-corrected chi connectivity index (χ4v) is 2.84. The summed E-state index contributed by atoms with van der Waals surface area (Å²) < 4.78 is 6.91. The molecule has 18 heavy (non-hydrogen) atoms. The molecule has 0 amide bonds. The van der Waals surface area contributed by atoms with E-state index in [-0.39, 0.29) is 0 Å². The van der Waals surface area contributed by atoms with E-state index in [2.05, 4.69) is 20.6 Å². The zero-order chi connectivity index (χ0) is 12.4. The van der Waals surface area contributed by atoms with Crippen LogP contribution in [0.15, 0.2) is 0 Å². The summed E-state index contributed by atoms with van der Waals surface area (Å²) in [5.41, 5.74) is 0. The van der Waals surface area contributed by atoms with Crippen LogP contribution >= 0.6 is 11.3 Å². The lowest BCUT2D eigenvalue weighted by atomic mass is 9.85. The maximum atomic E-state index is 4.99. The molecule has 0 saturated heterocycles. The molecule has 1 aliphatic rings. The molecule has 2 heterocycles. The van der Waals surface area contributed by atoms with Crippen LogP contribution in [-0.2, 0) is 11.3 Å². The summed E-state index contributed by atoms with van der Waals surface area (Å²) in [7, 11) is 1.70. The molecule has 0 spiro atoms. The van der Waals surface area contributed by atoms with E-state index in [1.165, 1.54) is 19.3 Å². The standard InChI is InChI=1S/C11H17N5OS/c1-17-6-5-12-7-9-15-16-10(8-3-2-4-8)13-14-11(16)18-9/h8,12H,2-7H2,1H3. The molecule has 3 rings (SSSR count). The third-order valence-electron chi connectivity index (χ3n) is 3.29. The van der Waals surface area contributed by atoms with Crippen molar-refractivity contribution in [3.63, 3.8) is 0 Å². The molecular formula is C11H17N5OS. The lowest BCUT2D eigenvalue weighted by molar-refractivity contribution is 0.199. The van der Waals surface area contributed by atoms with Crippen LogP contribution < -0.4 is 5.32 Å². The zero-order valence-electron chi connectivity index (χ0n) is 10.4. The van der Waals surface area contributed by atoms with Crippen molar-refractivity contribution in [2.45, 2.75) is 31.7 Å². The van der Waals surface area contributed by atoms with Gasteiger partial charge in [-0.15, -0.1) is 10.2 Å². The second-order valence-corrected chi connectivity index (χ2v) is 5.59. The molecule has 2 aromatic rings. The number of ether oxygens (including phenoxy) is 1. The average molecular weight is 267 g/mol. The number of fused-ring (bicyclic) bond motifs is 1. The third kappa shape index (κ3) is 2.25. The quantitative estimate of drug-likeness (QED) is 0.796. The van der Waals surface area contributed by atoms with Gasteiger partial charge in [-0.2, -0.15) is 9.61 Å². The monoisotopic (exact) mass is 267 g/mol. The Bertz CT molecular complexity index is 518. The first-order valence-electron chi connectivity index (χ1n) is 6.29. The number of hydrogen-bond acceptors (Lipinski definition) is 6. The van der Waals surface area contributed by atoms with Crippen molar-refractivity contribution in [2.75, 3.05) is 20.3 Å². The Morgan fingerprint density at radius 1 is 1.44 bits per heavy atom. The van der Waals surface area contributed by atoms with E-state index in [0.29, 0.717) is 5.92 Å². The molecule has 1 saturated carbocycles. The van der Waals surface area contributed by atoms with Gasteiger partial charge in [-0.3, -0.25) is 0 Å². The first kappa shape index (κ1) is 12.0. The van der Waals surface area contributed by atoms with Crippen molar-refractivity contribution < 1.29 is 4.74 Å². The molecule has 2 aromatic heterocycles. The summed E-state index contributed by atoms with van der Waals surface area (Å²) in [5.74, 6) is 1.60. The van der Waals surface area contributed by atoms with Gasteiger partial charge in [0, 0.05) is 26.1 Å². The van der Waals surface area contributed by atoms with E-state index in [9.17, 15) is 0 Å². The summed E-state index contributed by atoms with van der Waals surface area (Å²) in [6.07, 6.45) is 3.74. The van der Waals surface area contributed by atoms with Crippen molar-refractivity contribution >= 4 is 16.3 Å². The van der Waals surface area contributed by atoms with E-state index < -0.39 is 0 Å². The summed E-state index contributed by atoms with van der Waals surface area (Å²) in [4.78, 5) is 0.903. The van der Waals surface area contributed by atoms with Crippen LogP contribution in [0.4, 0.5) is 0 Å². The highest BCUT2D eigenvalue weighted by Gasteiger charge is 2.26. The molecule has 1 N–H and O–H groups in total. The first-order valence-corrected chi connectivity index (χ1v) is 7.11. The van der Waals surface area contributed by atoms with Gasteiger partial charge in [-0.1, -0.05) is 17.8 Å². The van der Waals surface area contributed by atoms with Crippen molar-refractivity contribution in [1.29, 1.82) is 0 Å². The van der Waals surface area contributed by atoms with Gasteiger partial charge < -0.3 is 10.1 Å². The Balaban J connectivity index is 1.69. The molecule has 0 bridgehead atoms. The fraction of sp³-hybridized carbons (Fsp3) is 0.727. The number of nitrogens with zero attached hydrogens (tertiary/aromatic N) is 4. The van der Waals surface area contributed by atoms with Crippen LogP contribution in [0.5, 0.6) is 0 Å². The molecule has 0 aromatic carbocycles. The molecule has 7 heteroatoms. The summed E-state index contributed by atoms with van der Waals surface area (Å²) in [6, 6.07) is 0. The number of methoxy groups -OCH3 is 1. The number of rotatable bonds is 6. The lowest BCUT2D eigenvalue weighted by Gasteiger charge is -2.22. The van der Waals surface area contributed by atoms with Gasteiger partial charge in [0.15, 0.2) is 5.82 Å². The first-order chi connectivity index (χ1) is 8.88. The van der Waals surface area contributed by atoms with Gasteiger partial charge in [0.25, 0.3) is 0 Å². The Morgan fingerprint density at radius 2 is 2.33 bits per heavy atom. The maximum absolute atomic E-state index is 4.99. The molecular weight excluding hydrogens is 250 g/mol. The number of aromatic nitrogens is 4. The van der Waals surface area contributed by atoms with Gasteiger partial charge >= 0.3 is 0 Å². The van der Waals surface area contributed by atoms with Crippen molar-refractivity contribution in [2.24, 2.45) is 0 Å². The van der Waals surface area contributed by atoms with Crippen LogP contribution in [0, 0.1) is 0 Å². The van der Waals surface area contributed by atoms with Crippen LogP contribution in [-0.4, -0.2) is 40.1 Å². The molecule has 1 aliphatic carbocycles. The van der Waals surface area contributed by atoms with E-state index in [1.807, 2.05) is 4.52 Å². The number of nitrogens with one attached hydrogen (secondary N) is 1. The van der Waals surface area contributed by atoms with E-state index in [1.54, 1.807) is 18.4 Å². The molecule has 0 radical (unpaired) electrons. The van der Waals surface area contributed by atoms with Crippen LogP contribution in [0.2, 0.25) is 0 Å². The Hall–Kier alpha value is -1.05. The van der Waals surface area contributed by atoms with E-state index in [4.69, 9.17) is 4.74 Å². The van der Waals surface area contributed by atoms with E-state index in [0.717, 1.165) is 35.5 Å². The molecule has 0 unspecified atom stereocenters. The highest BCUT2D eigenvalue weighted by Crippen LogP contribution is 2.35. The largest absolute Gasteiger partial charge is 0.383 e. The van der Waals surface area contributed by atoms with Crippen LogP contribution in [0.1, 0.15) is 36.0 Å². The van der Waals surface area contributed by atoms with Crippen molar-refractivity contribution in [3.05, 3.63) is 10.8 Å². The summed E-state index contributed by atoms with van der Waals surface area (Å²) in [5, 5.41) is 17.4. The molecule has 1 fully saturated rings. The van der Waals surface area contributed by atoms with Crippen molar-refractivity contribution in [3.8, 4) is 0 Å². The van der Waals surface area contributed by atoms with E-state index >= 15 is 0 Å². The highest BCUT2D eigenvalue weighted by molar-refractivity contribution is 7.16. The summed E-state index contributed by atoms with van der Waals surface area (Å²) in [6.45, 7) is 2.32. The second kappa shape index (κ2) is 5.29. The Morgan fingerprint density at radius 3 is 3.06 bits per heavy atom. The summed E-state index contributed by atoms with van der Waals surface area (Å²) >= 11 is 1.60. The van der Waals surface area contributed by atoms with Gasteiger partial charge in [0.2, 0.25) is 4.96 Å². The molecule has 0 atom stereocenters. The normalized spacial score (nSPS) is 16.3. The fourth-order valence-electron chi connectivity index (χ4n) is 2.03. The lowest BCUT2D eigenvalue weighted by Crippen LogP contribution is -2.18. The molecule has 6 nitrogen and oxygen atoms in total. The van der Waals surface area contributed by atoms with Gasteiger partial charge in [0.05, 0.1) is 6.61 Å². The molecule has 0 aliphatic heterocycles. The van der Waals surface area contributed by atoms with Gasteiger partial charge in [0.1, 0.15) is 5.01 Å². The molecule has 98 valence electrons. The SMILES string of the molecule is COCCNCc1nn2c(C3CCC3)nnc2s1. The predicted octanol–water partition coefficient (Wildman–Crippen LogP) is 1.19. The maximum Gasteiger partial charge on any atom is 0.234 e. The minimum Gasteiger partial charge on any atom is -0.383 e. The Kier molecular flexibility index (Phi) is 3.53. The number of hydrogen-bond donors (Lipinski definition) is 1. The minimum atomic E-state index is 0.566. The third-order valence-corrected chi connectivity index (χ3v) is 4.19. The smallest absolute Gasteiger partial charge is 0.234 e. The average Bonchev–Trinajstić information content (AvgIpc) is 2.84. The Labute approximate surface area is 109 Å². The highest BCUT2D eigenvalue weighted by atomic mass is 32.1. The van der Waals surface area contributed by atoms with Gasteiger partial charge in [-0.05, 0) is 12.8 Å². The second-order valence-electron chi connectivity index (χ2n) is 4.55. The zero-order valence-corrected chi connectivity index (χ0v) is 11.2. The van der Waals surface area contributed by atoms with Gasteiger partial charge in [-0.25, -0.2) is 0 Å². The van der Waals surface area contributed by atoms with Crippen LogP contribution in [0.25, 0.3) is 4.96 Å². The van der Waals surface area contributed by atoms with Crippen LogP contribution in [0.3, 0.4) is 0 Å². The minimum absolute atomic E-state index is 0.566. The van der Waals surface area contributed by atoms with Crippen molar-refractivity contribution in [1.82, 2.24) is 25.1 Å².